The third-order valence-corrected chi connectivity index (χ3v) is 5.62. The maximum atomic E-state index is 12.4. The van der Waals surface area contributed by atoms with Gasteiger partial charge in [0.05, 0.1) is 16.5 Å². The fraction of sp³-hybridized carbons (Fsp3) is 0.158. The molecule has 2 aromatic carbocycles. The summed E-state index contributed by atoms with van der Waals surface area (Å²) in [6.07, 6.45) is 2.19. The van der Waals surface area contributed by atoms with Gasteiger partial charge in [-0.3, -0.25) is 9.52 Å². The number of amides is 1. The summed E-state index contributed by atoms with van der Waals surface area (Å²) in [4.78, 5) is 12.4. The monoisotopic (exact) mass is 418 g/mol. The van der Waals surface area contributed by atoms with Crippen LogP contribution in [0, 0.1) is 0 Å². The molecule has 0 aliphatic carbocycles. The number of aromatic nitrogens is 2. The minimum atomic E-state index is -3.35. The number of halogens is 1. The lowest BCUT2D eigenvalue weighted by molar-refractivity contribution is 0.102. The summed E-state index contributed by atoms with van der Waals surface area (Å²) >= 11 is 6.15. The Hall–Kier alpha value is -2.84. The van der Waals surface area contributed by atoms with Gasteiger partial charge < -0.3 is 5.32 Å². The van der Waals surface area contributed by atoms with Crippen LogP contribution in [-0.2, 0) is 10.0 Å². The number of carbonyl (C=O) groups is 1. The second kappa shape index (κ2) is 8.45. The fourth-order valence-corrected chi connectivity index (χ4v) is 3.89. The smallest absolute Gasteiger partial charge is 0.276 e. The maximum absolute atomic E-state index is 12.4. The highest BCUT2D eigenvalue weighted by Crippen LogP contribution is 2.20. The van der Waals surface area contributed by atoms with E-state index in [4.69, 9.17) is 11.6 Å². The largest absolute Gasteiger partial charge is 0.321 e. The molecule has 0 atom stereocenters. The molecule has 0 aliphatic heterocycles. The Morgan fingerprint density at radius 2 is 1.75 bits per heavy atom. The van der Waals surface area contributed by atoms with Crippen LogP contribution in [-0.4, -0.2) is 29.9 Å². The Kier molecular flexibility index (Phi) is 6.01. The van der Waals surface area contributed by atoms with Crippen LogP contribution in [0.15, 0.2) is 60.8 Å². The summed E-state index contributed by atoms with van der Waals surface area (Å²) in [7, 11) is -3.35. The molecule has 3 aromatic rings. The molecule has 1 aromatic heterocycles. The van der Waals surface area contributed by atoms with Crippen LogP contribution in [0.2, 0.25) is 5.02 Å². The first-order valence-corrected chi connectivity index (χ1v) is 10.6. The molecule has 9 heteroatoms. The van der Waals surface area contributed by atoms with Crippen LogP contribution in [0.25, 0.3) is 5.69 Å². The number of nitrogens with zero attached hydrogens (tertiary/aromatic N) is 2. The molecule has 3 rings (SSSR count). The molecule has 0 saturated heterocycles. The summed E-state index contributed by atoms with van der Waals surface area (Å²) in [6.45, 7) is 1.80. The van der Waals surface area contributed by atoms with Crippen molar-refractivity contribution in [1.29, 1.82) is 0 Å². The van der Waals surface area contributed by atoms with Gasteiger partial charge in [0.15, 0.2) is 5.69 Å². The van der Waals surface area contributed by atoms with E-state index >= 15 is 0 Å². The van der Waals surface area contributed by atoms with Crippen molar-refractivity contribution < 1.29 is 13.2 Å². The van der Waals surface area contributed by atoms with Crippen LogP contribution < -0.4 is 10.0 Å². The van der Waals surface area contributed by atoms with E-state index < -0.39 is 10.0 Å². The zero-order valence-electron chi connectivity index (χ0n) is 15.1. The second-order valence-corrected chi connectivity index (χ2v) is 8.30. The first kappa shape index (κ1) is 19.9. The summed E-state index contributed by atoms with van der Waals surface area (Å²) in [6, 6.07) is 15.2. The van der Waals surface area contributed by atoms with Crippen LogP contribution >= 0.6 is 11.6 Å². The third-order valence-electron chi connectivity index (χ3n) is 3.81. The minimum absolute atomic E-state index is 0.0551. The van der Waals surface area contributed by atoms with Crippen LogP contribution in [0.5, 0.6) is 0 Å². The van der Waals surface area contributed by atoms with Crippen molar-refractivity contribution in [3.63, 3.8) is 0 Å². The molecule has 7 nitrogen and oxygen atoms in total. The van der Waals surface area contributed by atoms with Crippen molar-refractivity contribution in [2.45, 2.75) is 13.3 Å². The normalized spacial score (nSPS) is 11.2. The Bertz CT molecular complexity index is 1080. The van der Waals surface area contributed by atoms with Crippen molar-refractivity contribution >= 4 is 38.9 Å². The van der Waals surface area contributed by atoms with Crippen molar-refractivity contribution in [1.82, 2.24) is 9.78 Å². The lowest BCUT2D eigenvalue weighted by atomic mass is 10.3. The van der Waals surface area contributed by atoms with E-state index in [1.165, 1.54) is 4.68 Å². The lowest BCUT2D eigenvalue weighted by Gasteiger charge is -2.08. The van der Waals surface area contributed by atoms with Gasteiger partial charge in [-0.05, 0) is 48.9 Å². The molecule has 0 bridgehead atoms. The minimum Gasteiger partial charge on any atom is -0.321 e. The molecule has 1 amide bonds. The molecule has 0 saturated carbocycles. The van der Waals surface area contributed by atoms with Crippen molar-refractivity contribution in [2.75, 3.05) is 15.8 Å². The Morgan fingerprint density at radius 3 is 2.43 bits per heavy atom. The van der Waals surface area contributed by atoms with Gasteiger partial charge in [0.1, 0.15) is 0 Å². The van der Waals surface area contributed by atoms with E-state index in [2.05, 4.69) is 15.1 Å². The molecule has 28 heavy (non-hydrogen) atoms. The van der Waals surface area contributed by atoms with Gasteiger partial charge in [-0.25, -0.2) is 13.1 Å². The molecule has 1 heterocycles. The van der Waals surface area contributed by atoms with E-state index in [1.54, 1.807) is 55.6 Å². The van der Waals surface area contributed by atoms with Crippen molar-refractivity contribution in [3.8, 4) is 5.69 Å². The topological polar surface area (TPSA) is 93.1 Å². The number of nitrogens with one attached hydrogen (secondary N) is 2. The highest BCUT2D eigenvalue weighted by Gasteiger charge is 2.13. The molecule has 0 aliphatic rings. The van der Waals surface area contributed by atoms with Gasteiger partial charge in [-0.15, -0.1) is 0 Å². The number of sulfonamides is 1. The number of hydrogen-bond acceptors (Lipinski definition) is 4. The van der Waals surface area contributed by atoms with Gasteiger partial charge in [0, 0.05) is 17.6 Å². The highest BCUT2D eigenvalue weighted by atomic mass is 35.5. The summed E-state index contributed by atoms with van der Waals surface area (Å²) in [5.41, 5.74) is 1.87. The van der Waals surface area contributed by atoms with Gasteiger partial charge >= 0.3 is 0 Å². The first-order valence-electron chi connectivity index (χ1n) is 8.60. The lowest BCUT2D eigenvalue weighted by Crippen LogP contribution is -2.16. The summed E-state index contributed by atoms with van der Waals surface area (Å²) < 4.78 is 27.6. The number of carbonyl (C=O) groups excluding carboxylic acids is 1. The van der Waals surface area contributed by atoms with E-state index in [-0.39, 0.29) is 17.4 Å². The zero-order valence-corrected chi connectivity index (χ0v) is 16.7. The van der Waals surface area contributed by atoms with Crippen LogP contribution in [0.1, 0.15) is 23.8 Å². The Balaban J connectivity index is 1.68. The van der Waals surface area contributed by atoms with Gasteiger partial charge in [-0.2, -0.15) is 5.10 Å². The SMILES string of the molecule is CCCS(=O)(=O)Nc1ccc(NC(=O)c2ccn(-c3ccccc3Cl)n2)cc1. The van der Waals surface area contributed by atoms with Gasteiger partial charge in [0.2, 0.25) is 10.0 Å². The van der Waals surface area contributed by atoms with Crippen LogP contribution in [0.4, 0.5) is 11.4 Å². The molecular weight excluding hydrogens is 400 g/mol. The highest BCUT2D eigenvalue weighted by molar-refractivity contribution is 7.92. The van der Waals surface area contributed by atoms with E-state index in [1.807, 2.05) is 12.1 Å². The molecule has 0 spiro atoms. The Labute approximate surface area is 168 Å². The molecule has 0 radical (unpaired) electrons. The number of hydrogen-bond donors (Lipinski definition) is 2. The van der Waals surface area contributed by atoms with Crippen molar-refractivity contribution in [2.24, 2.45) is 0 Å². The standard InChI is InChI=1S/C19H19ClN4O3S/c1-2-13-28(26,27)23-15-9-7-14(8-10-15)21-19(25)17-11-12-24(22-17)18-6-4-3-5-16(18)20/h3-12,23H,2,13H2,1H3,(H,21,25). The predicted octanol–water partition coefficient (Wildman–Crippen LogP) is 3.93. The quantitative estimate of drug-likeness (QED) is 0.608. The van der Waals surface area contributed by atoms with Crippen LogP contribution in [0.3, 0.4) is 0 Å². The van der Waals surface area contributed by atoms with E-state index in [0.717, 1.165) is 0 Å². The fourth-order valence-electron chi connectivity index (χ4n) is 2.53. The third kappa shape index (κ3) is 4.90. The summed E-state index contributed by atoms with van der Waals surface area (Å²) in [5.74, 6) is -0.329. The number of para-hydroxylation sites is 1. The second-order valence-electron chi connectivity index (χ2n) is 6.05. The van der Waals surface area contributed by atoms with E-state index in [0.29, 0.717) is 28.5 Å². The Morgan fingerprint density at radius 1 is 1.07 bits per heavy atom. The number of rotatable bonds is 7. The predicted molar refractivity (Wildman–Crippen MR) is 111 cm³/mol. The number of benzene rings is 2. The first-order chi connectivity index (χ1) is 13.4. The maximum Gasteiger partial charge on any atom is 0.276 e. The average Bonchev–Trinajstić information content (AvgIpc) is 3.13. The average molecular weight is 419 g/mol. The molecule has 0 unspecified atom stereocenters. The van der Waals surface area contributed by atoms with Gasteiger partial charge in [0.25, 0.3) is 5.91 Å². The zero-order chi connectivity index (χ0) is 20.1. The molecule has 0 fully saturated rings. The molecular formula is C19H19ClN4O3S. The molecule has 2 N–H and O–H groups in total. The van der Waals surface area contributed by atoms with Gasteiger partial charge in [-0.1, -0.05) is 30.7 Å². The van der Waals surface area contributed by atoms with E-state index in [9.17, 15) is 13.2 Å². The summed E-state index contributed by atoms with van der Waals surface area (Å²) in [5, 5.41) is 7.51. The van der Waals surface area contributed by atoms with Crippen molar-refractivity contribution in [3.05, 3.63) is 71.5 Å². The number of anilines is 2. The molecule has 146 valence electrons.